The highest BCUT2D eigenvalue weighted by Gasteiger charge is 2.54. The molecule has 1 aliphatic carbocycles. The van der Waals surface area contributed by atoms with Crippen LogP contribution in [0.3, 0.4) is 0 Å². The average Bonchev–Trinajstić information content (AvgIpc) is 3.09. The lowest BCUT2D eigenvalue weighted by Crippen LogP contribution is -2.46. The van der Waals surface area contributed by atoms with E-state index in [2.05, 4.69) is 73.1 Å². The molecule has 7 nitrogen and oxygen atoms in total. The minimum absolute atomic E-state index is 0.228. The zero-order valence-electron chi connectivity index (χ0n) is 18.4. The molecule has 0 aromatic heterocycles. The van der Waals surface area contributed by atoms with Gasteiger partial charge in [-0.3, -0.25) is 9.59 Å². The van der Waals surface area contributed by atoms with Crippen LogP contribution in [-0.4, -0.2) is 48.8 Å². The Morgan fingerprint density at radius 1 is 1.12 bits per heavy atom. The maximum absolute atomic E-state index is 13.2. The van der Waals surface area contributed by atoms with Crippen LogP contribution in [0.4, 0.5) is 0 Å². The van der Waals surface area contributed by atoms with Crippen LogP contribution in [0, 0.1) is 28.5 Å². The van der Waals surface area contributed by atoms with E-state index in [1.807, 2.05) is 19.9 Å². The first kappa shape index (κ1) is 25.9. The van der Waals surface area contributed by atoms with E-state index in [0.29, 0.717) is 12.0 Å². The van der Waals surface area contributed by atoms with Crippen molar-refractivity contribution >= 4 is 85.7 Å². The third-order valence-corrected chi connectivity index (χ3v) is 10.6. The summed E-state index contributed by atoms with van der Waals surface area (Å²) in [5, 5.41) is 3.33. The molecular formula is C23H26I3NO6. The second-order valence-electron chi connectivity index (χ2n) is 9.40. The topological polar surface area (TPSA) is 90.9 Å². The van der Waals surface area contributed by atoms with Gasteiger partial charge in [0, 0.05) is 29.5 Å². The molecule has 2 aliphatic heterocycles. The third kappa shape index (κ3) is 5.63. The van der Waals surface area contributed by atoms with Gasteiger partial charge < -0.3 is 19.5 Å². The van der Waals surface area contributed by atoms with E-state index in [0.717, 1.165) is 36.6 Å². The number of ether oxygens (including phenoxy) is 3. The normalized spacial score (nSPS) is 27.7. The van der Waals surface area contributed by atoms with Gasteiger partial charge in [-0.1, -0.05) is 0 Å². The van der Waals surface area contributed by atoms with Crippen molar-refractivity contribution in [1.82, 2.24) is 5.32 Å². The number of benzene rings is 1. The smallest absolute Gasteiger partial charge is 0.339 e. The van der Waals surface area contributed by atoms with Crippen LogP contribution in [0.1, 0.15) is 49.9 Å². The molecule has 2 heterocycles. The molecule has 1 aromatic rings. The molecule has 0 spiro atoms. The molecule has 2 saturated heterocycles. The van der Waals surface area contributed by atoms with E-state index in [4.69, 9.17) is 14.2 Å². The Kier molecular flexibility index (Phi) is 8.16. The lowest BCUT2D eigenvalue weighted by molar-refractivity contribution is -0.173. The van der Waals surface area contributed by atoms with Gasteiger partial charge in [0.15, 0.2) is 0 Å². The monoisotopic (exact) mass is 793 g/mol. The standard InChI is InChI=1S/C23H26I3NO6/c1-23(2,11-3-5-27-6-4-11)33-22(30)14-10-18(17-9-13(14)20(28)31-17)32-21(29)15-7-12(24)8-16(25)19(15)26/h7-8,11,13-14,17-18,27H,3-6,9-10H2,1-2H3. The maximum Gasteiger partial charge on any atom is 0.339 e. The Morgan fingerprint density at radius 3 is 2.52 bits per heavy atom. The van der Waals surface area contributed by atoms with E-state index >= 15 is 0 Å². The van der Waals surface area contributed by atoms with E-state index in [9.17, 15) is 14.4 Å². The van der Waals surface area contributed by atoms with Crippen LogP contribution >= 0.6 is 67.8 Å². The molecule has 4 unspecified atom stereocenters. The van der Waals surface area contributed by atoms with Gasteiger partial charge in [0.25, 0.3) is 0 Å². The lowest BCUT2D eigenvalue weighted by atomic mass is 9.78. The van der Waals surface area contributed by atoms with E-state index in [1.54, 1.807) is 6.07 Å². The summed E-state index contributed by atoms with van der Waals surface area (Å²) in [4.78, 5) is 38.8. The molecule has 1 saturated carbocycles. The number of hydrogen-bond donors (Lipinski definition) is 1. The van der Waals surface area contributed by atoms with Gasteiger partial charge in [-0.2, -0.15) is 0 Å². The molecule has 2 bridgehead atoms. The SMILES string of the molecule is CC(C)(OC(=O)C1CC(OC(=O)c2cc(I)cc(I)c2I)C2CC1C(=O)O2)C1CCNCC1. The average molecular weight is 793 g/mol. The number of esters is 3. The Labute approximate surface area is 234 Å². The van der Waals surface area contributed by atoms with Gasteiger partial charge >= 0.3 is 17.9 Å². The van der Waals surface area contributed by atoms with Crippen molar-refractivity contribution in [3.05, 3.63) is 28.4 Å². The molecule has 180 valence electrons. The van der Waals surface area contributed by atoms with Crippen molar-refractivity contribution in [3.63, 3.8) is 0 Å². The molecule has 4 atom stereocenters. The molecule has 0 amide bonds. The molecule has 1 aromatic carbocycles. The number of carbonyl (C=O) groups excluding carboxylic acids is 3. The quantitative estimate of drug-likeness (QED) is 0.206. The second-order valence-corrected chi connectivity index (χ2v) is 12.9. The molecule has 3 fully saturated rings. The Morgan fingerprint density at radius 2 is 1.82 bits per heavy atom. The number of carbonyl (C=O) groups is 3. The predicted octanol–water partition coefficient (Wildman–Crippen LogP) is 4.30. The van der Waals surface area contributed by atoms with Gasteiger partial charge in [-0.25, -0.2) is 4.79 Å². The number of fused-ring (bicyclic) bond motifs is 2. The number of hydrogen-bond acceptors (Lipinski definition) is 7. The molecular weight excluding hydrogens is 767 g/mol. The molecule has 33 heavy (non-hydrogen) atoms. The van der Waals surface area contributed by atoms with Crippen molar-refractivity contribution in [1.29, 1.82) is 0 Å². The second kappa shape index (κ2) is 10.4. The van der Waals surface area contributed by atoms with Crippen molar-refractivity contribution in [2.45, 2.75) is 57.3 Å². The van der Waals surface area contributed by atoms with Crippen LogP contribution in [-0.2, 0) is 23.8 Å². The zero-order valence-corrected chi connectivity index (χ0v) is 24.8. The minimum atomic E-state index is -0.676. The van der Waals surface area contributed by atoms with Crippen molar-refractivity contribution < 1.29 is 28.6 Å². The van der Waals surface area contributed by atoms with E-state index < -0.39 is 47.6 Å². The number of nitrogens with one attached hydrogen (secondary N) is 1. The van der Waals surface area contributed by atoms with Gasteiger partial charge in [0.05, 0.1) is 17.4 Å². The van der Waals surface area contributed by atoms with Crippen LogP contribution in [0.2, 0.25) is 0 Å². The summed E-state index contributed by atoms with van der Waals surface area (Å²) in [5.41, 5.74) is -0.150. The summed E-state index contributed by atoms with van der Waals surface area (Å²) in [6.45, 7) is 5.69. The van der Waals surface area contributed by atoms with E-state index in [-0.39, 0.29) is 12.3 Å². The fourth-order valence-electron chi connectivity index (χ4n) is 4.98. The highest BCUT2D eigenvalue weighted by atomic mass is 127. The molecule has 3 aliphatic rings. The largest absolute Gasteiger partial charge is 0.459 e. The van der Waals surface area contributed by atoms with E-state index in [1.165, 1.54) is 0 Å². The van der Waals surface area contributed by atoms with Crippen LogP contribution in [0.15, 0.2) is 12.1 Å². The van der Waals surface area contributed by atoms with Crippen molar-refractivity contribution in [3.8, 4) is 0 Å². The van der Waals surface area contributed by atoms with Gasteiger partial charge in [-0.05, 0) is 120 Å². The first-order chi connectivity index (χ1) is 15.6. The summed E-state index contributed by atoms with van der Waals surface area (Å²) < 4.78 is 20.0. The first-order valence-corrected chi connectivity index (χ1v) is 14.3. The maximum atomic E-state index is 13.2. The fraction of sp³-hybridized carbons (Fsp3) is 0.609. The van der Waals surface area contributed by atoms with Crippen molar-refractivity contribution in [2.75, 3.05) is 13.1 Å². The highest BCUT2D eigenvalue weighted by Crippen LogP contribution is 2.42. The van der Waals surface area contributed by atoms with Crippen molar-refractivity contribution in [2.24, 2.45) is 17.8 Å². The minimum Gasteiger partial charge on any atom is -0.459 e. The zero-order chi connectivity index (χ0) is 23.9. The third-order valence-electron chi connectivity index (χ3n) is 6.90. The highest BCUT2D eigenvalue weighted by molar-refractivity contribution is 14.1. The number of halogens is 3. The molecule has 1 N–H and O–H groups in total. The predicted molar refractivity (Wildman–Crippen MR) is 146 cm³/mol. The summed E-state index contributed by atoms with van der Waals surface area (Å²) >= 11 is 6.49. The fourth-order valence-corrected chi connectivity index (χ4v) is 7.36. The van der Waals surface area contributed by atoms with Gasteiger partial charge in [0.2, 0.25) is 0 Å². The molecule has 10 heteroatoms. The Bertz CT molecular complexity index is 962. The van der Waals surface area contributed by atoms with Gasteiger partial charge in [0.1, 0.15) is 17.8 Å². The molecule has 0 radical (unpaired) electrons. The van der Waals surface area contributed by atoms with Gasteiger partial charge in [-0.15, -0.1) is 0 Å². The summed E-state index contributed by atoms with van der Waals surface area (Å²) in [7, 11) is 0. The van der Waals surface area contributed by atoms with Crippen LogP contribution in [0.25, 0.3) is 0 Å². The molecule has 4 rings (SSSR count). The summed E-state index contributed by atoms with van der Waals surface area (Å²) in [6, 6.07) is 3.77. The summed E-state index contributed by atoms with van der Waals surface area (Å²) in [6.07, 6.45) is 1.27. The first-order valence-electron chi connectivity index (χ1n) is 11.1. The van der Waals surface area contributed by atoms with Crippen LogP contribution in [0.5, 0.6) is 0 Å². The Hall–Kier alpha value is -0.220. The summed E-state index contributed by atoms with van der Waals surface area (Å²) in [5.74, 6) is -2.23. The number of rotatable bonds is 5. The van der Waals surface area contributed by atoms with Crippen LogP contribution < -0.4 is 5.32 Å². The number of piperidine rings is 1. The lowest BCUT2D eigenvalue weighted by Gasteiger charge is -2.38. The Balaban J connectivity index is 1.48.